The highest BCUT2D eigenvalue weighted by Gasteiger charge is 2.05. The third kappa shape index (κ3) is 3.47. The number of nitrogens with zero attached hydrogens (tertiary/aromatic N) is 2. The van der Waals surface area contributed by atoms with Gasteiger partial charge in [0.1, 0.15) is 0 Å². The molecular formula is C15H19N3S. The van der Waals surface area contributed by atoms with Gasteiger partial charge in [-0.15, -0.1) is 0 Å². The van der Waals surface area contributed by atoms with Gasteiger partial charge in [0, 0.05) is 22.8 Å². The van der Waals surface area contributed by atoms with E-state index < -0.39 is 0 Å². The van der Waals surface area contributed by atoms with Gasteiger partial charge in [-0.2, -0.15) is 0 Å². The zero-order valence-corrected chi connectivity index (χ0v) is 12.4. The second-order valence-corrected chi connectivity index (χ2v) is 5.66. The van der Waals surface area contributed by atoms with Gasteiger partial charge in [0.25, 0.3) is 0 Å². The second-order valence-electron chi connectivity index (χ2n) is 4.60. The van der Waals surface area contributed by atoms with Crippen LogP contribution in [-0.4, -0.2) is 15.7 Å². The molecule has 0 aliphatic rings. The fraction of sp³-hybridized carbons (Fsp3) is 0.333. The predicted molar refractivity (Wildman–Crippen MR) is 81.5 cm³/mol. The summed E-state index contributed by atoms with van der Waals surface area (Å²) in [6, 6.07) is 7.99. The van der Waals surface area contributed by atoms with E-state index in [4.69, 9.17) is 5.73 Å². The van der Waals surface area contributed by atoms with E-state index >= 15 is 0 Å². The first-order valence-corrected chi connectivity index (χ1v) is 7.34. The highest BCUT2D eigenvalue weighted by Crippen LogP contribution is 2.20. The van der Waals surface area contributed by atoms with E-state index in [2.05, 4.69) is 23.0 Å². The Balaban J connectivity index is 1.98. The largest absolute Gasteiger partial charge is 0.399 e. The molecule has 0 atom stereocenters. The van der Waals surface area contributed by atoms with Crippen molar-refractivity contribution >= 4 is 17.4 Å². The Morgan fingerprint density at radius 2 is 1.68 bits per heavy atom. The molecule has 3 nitrogen and oxygen atoms in total. The fourth-order valence-electron chi connectivity index (χ4n) is 1.82. The van der Waals surface area contributed by atoms with E-state index in [1.54, 1.807) is 11.8 Å². The number of thioether (sulfide) groups is 1. The molecule has 0 saturated carbocycles. The lowest BCUT2D eigenvalue weighted by Crippen LogP contribution is -2.00. The monoisotopic (exact) mass is 273 g/mol. The molecule has 1 aromatic carbocycles. The molecule has 0 saturated heterocycles. The number of aryl methyl sites for hydroxylation is 3. The molecule has 2 aromatic rings. The first kappa shape index (κ1) is 13.9. The van der Waals surface area contributed by atoms with E-state index in [0.29, 0.717) is 0 Å². The lowest BCUT2D eigenvalue weighted by atomic mass is 10.1. The van der Waals surface area contributed by atoms with Crippen molar-refractivity contribution in [2.24, 2.45) is 0 Å². The van der Waals surface area contributed by atoms with E-state index in [1.165, 1.54) is 11.1 Å². The molecule has 0 radical (unpaired) electrons. The number of hydrogen-bond donors (Lipinski definition) is 1. The van der Waals surface area contributed by atoms with Gasteiger partial charge in [0.2, 0.25) is 0 Å². The van der Waals surface area contributed by atoms with Crippen LogP contribution < -0.4 is 5.73 Å². The maximum absolute atomic E-state index is 5.93. The number of hydrogen-bond acceptors (Lipinski definition) is 4. The van der Waals surface area contributed by atoms with Gasteiger partial charge in [-0.3, -0.25) is 0 Å². The van der Waals surface area contributed by atoms with Crippen molar-refractivity contribution in [1.82, 2.24) is 9.97 Å². The molecule has 0 spiro atoms. The van der Waals surface area contributed by atoms with Crippen LogP contribution in [0.2, 0.25) is 0 Å². The zero-order valence-electron chi connectivity index (χ0n) is 11.6. The summed E-state index contributed by atoms with van der Waals surface area (Å²) in [5, 5.41) is 0.857. The summed E-state index contributed by atoms with van der Waals surface area (Å²) in [5.74, 6) is 0.941. The normalized spacial score (nSPS) is 10.7. The molecule has 100 valence electrons. The van der Waals surface area contributed by atoms with Crippen molar-refractivity contribution in [3.05, 3.63) is 46.8 Å². The molecule has 1 aromatic heterocycles. The van der Waals surface area contributed by atoms with Gasteiger partial charge >= 0.3 is 0 Å². The minimum absolute atomic E-state index is 0.857. The molecule has 19 heavy (non-hydrogen) atoms. The highest BCUT2D eigenvalue weighted by molar-refractivity contribution is 7.99. The van der Waals surface area contributed by atoms with Crippen LogP contribution in [0.1, 0.15) is 22.5 Å². The Morgan fingerprint density at radius 3 is 2.32 bits per heavy atom. The molecule has 2 N–H and O–H groups in total. The maximum atomic E-state index is 5.93. The topological polar surface area (TPSA) is 51.8 Å². The summed E-state index contributed by atoms with van der Waals surface area (Å²) < 4.78 is 0. The van der Waals surface area contributed by atoms with Gasteiger partial charge in [-0.25, -0.2) is 9.97 Å². The first-order valence-electron chi connectivity index (χ1n) is 6.36. The van der Waals surface area contributed by atoms with E-state index in [0.717, 1.165) is 34.4 Å². The van der Waals surface area contributed by atoms with Crippen molar-refractivity contribution in [3.8, 4) is 0 Å². The average molecular weight is 273 g/mol. The first-order chi connectivity index (χ1) is 9.08. The molecule has 0 amide bonds. The van der Waals surface area contributed by atoms with Crippen molar-refractivity contribution < 1.29 is 0 Å². The molecule has 0 bridgehead atoms. The molecule has 0 unspecified atom stereocenters. The molecule has 0 aliphatic heterocycles. The third-order valence-corrected chi connectivity index (χ3v) is 4.12. The minimum atomic E-state index is 0.857. The number of anilines is 1. The van der Waals surface area contributed by atoms with Crippen LogP contribution in [0, 0.1) is 20.8 Å². The molecular weight excluding hydrogens is 254 g/mol. The average Bonchev–Trinajstić information content (AvgIpc) is 2.38. The van der Waals surface area contributed by atoms with Crippen molar-refractivity contribution in [2.75, 3.05) is 11.5 Å². The molecule has 1 heterocycles. The van der Waals surface area contributed by atoms with Crippen LogP contribution in [0.25, 0.3) is 0 Å². The summed E-state index contributed by atoms with van der Waals surface area (Å²) in [4.78, 5) is 9.02. The number of para-hydroxylation sites is 1. The molecule has 0 fully saturated rings. The summed E-state index contributed by atoms with van der Waals surface area (Å²) in [6.45, 7) is 6.12. The van der Waals surface area contributed by atoms with Crippen LogP contribution in [0.4, 0.5) is 5.69 Å². The van der Waals surface area contributed by atoms with Gasteiger partial charge in [0.15, 0.2) is 5.16 Å². The standard InChI is InChI=1S/C15H19N3S/c1-10-11(2)17-15(18-12(10)3)19-9-8-13-6-4-5-7-14(13)16/h4-7H,8-9,16H2,1-3H3. The Morgan fingerprint density at radius 1 is 1.05 bits per heavy atom. The third-order valence-electron chi connectivity index (χ3n) is 3.27. The lowest BCUT2D eigenvalue weighted by molar-refractivity contribution is 0.880. The van der Waals surface area contributed by atoms with Gasteiger partial charge in [-0.05, 0) is 44.4 Å². The number of nitrogens with two attached hydrogens (primary N) is 1. The van der Waals surface area contributed by atoms with Crippen molar-refractivity contribution in [2.45, 2.75) is 32.3 Å². The van der Waals surface area contributed by atoms with Crippen LogP contribution in [-0.2, 0) is 6.42 Å². The molecule has 0 aliphatic carbocycles. The Kier molecular flexibility index (Phi) is 4.43. The zero-order chi connectivity index (χ0) is 13.8. The van der Waals surface area contributed by atoms with Crippen molar-refractivity contribution in [3.63, 3.8) is 0 Å². The lowest BCUT2D eigenvalue weighted by Gasteiger charge is -2.07. The highest BCUT2D eigenvalue weighted by atomic mass is 32.2. The SMILES string of the molecule is Cc1nc(SCCc2ccccc2N)nc(C)c1C. The van der Waals surface area contributed by atoms with Gasteiger partial charge in [0.05, 0.1) is 0 Å². The number of nitrogen functional groups attached to an aromatic ring is 1. The Labute approximate surface area is 118 Å². The summed E-state index contributed by atoms with van der Waals surface area (Å²) in [5.41, 5.74) is 11.3. The van der Waals surface area contributed by atoms with Gasteiger partial charge < -0.3 is 5.73 Å². The van der Waals surface area contributed by atoms with Crippen LogP contribution >= 0.6 is 11.8 Å². The van der Waals surface area contributed by atoms with E-state index in [9.17, 15) is 0 Å². The number of benzene rings is 1. The van der Waals surface area contributed by atoms with Crippen LogP contribution in [0.15, 0.2) is 29.4 Å². The van der Waals surface area contributed by atoms with Crippen LogP contribution in [0.5, 0.6) is 0 Å². The van der Waals surface area contributed by atoms with Gasteiger partial charge in [-0.1, -0.05) is 30.0 Å². The maximum Gasteiger partial charge on any atom is 0.188 e. The molecule has 4 heteroatoms. The summed E-state index contributed by atoms with van der Waals surface area (Å²) >= 11 is 1.68. The molecule has 2 rings (SSSR count). The van der Waals surface area contributed by atoms with Crippen molar-refractivity contribution in [1.29, 1.82) is 0 Å². The smallest absolute Gasteiger partial charge is 0.188 e. The number of aromatic nitrogens is 2. The minimum Gasteiger partial charge on any atom is -0.399 e. The Bertz CT molecular complexity index is 558. The summed E-state index contributed by atoms with van der Waals surface area (Å²) in [6.07, 6.45) is 0.937. The van der Waals surface area contributed by atoms with Crippen LogP contribution in [0.3, 0.4) is 0 Å². The van der Waals surface area contributed by atoms with E-state index in [-0.39, 0.29) is 0 Å². The predicted octanol–water partition coefficient (Wildman–Crippen LogP) is 3.32. The second kappa shape index (κ2) is 6.06. The quantitative estimate of drug-likeness (QED) is 0.527. The van der Waals surface area contributed by atoms with E-state index in [1.807, 2.05) is 32.0 Å². The fourth-order valence-corrected chi connectivity index (χ4v) is 2.73. The summed E-state index contributed by atoms with van der Waals surface area (Å²) in [7, 11) is 0. The Hall–Kier alpha value is -1.55. The number of rotatable bonds is 4.